The van der Waals surface area contributed by atoms with Crippen molar-refractivity contribution in [3.8, 4) is 0 Å². The Morgan fingerprint density at radius 2 is 2.00 bits per heavy atom. The van der Waals surface area contributed by atoms with Gasteiger partial charge in [-0.3, -0.25) is 14.5 Å². The topological polar surface area (TPSA) is 88.3 Å². The third-order valence-electron chi connectivity index (χ3n) is 4.54. The van der Waals surface area contributed by atoms with Gasteiger partial charge in [0.05, 0.1) is 18.3 Å². The third kappa shape index (κ3) is 4.54. The van der Waals surface area contributed by atoms with Crippen LogP contribution in [-0.4, -0.2) is 22.0 Å². The standard InChI is InChI=1S/C22H16ClFN4O3/c1-13(29)28(18-5-3-15-12-26-31-20(15)11-18)21-10-17(6-7-25-21)27-22(30)8-14-2-4-16(24)9-19(14)23/h2-7,9-12H,8H2,1H3,(H,25,27,30). The second-order valence-electron chi connectivity index (χ2n) is 6.77. The largest absolute Gasteiger partial charge is 0.356 e. The fraction of sp³-hybridized carbons (Fsp3) is 0.0909. The molecule has 7 nitrogen and oxygen atoms in total. The van der Waals surface area contributed by atoms with Gasteiger partial charge < -0.3 is 9.84 Å². The van der Waals surface area contributed by atoms with Crippen molar-refractivity contribution in [3.63, 3.8) is 0 Å². The van der Waals surface area contributed by atoms with Gasteiger partial charge >= 0.3 is 0 Å². The molecule has 0 aliphatic heterocycles. The van der Waals surface area contributed by atoms with Gasteiger partial charge in [-0.05, 0) is 35.9 Å². The predicted molar refractivity (Wildman–Crippen MR) is 115 cm³/mol. The Bertz CT molecular complexity index is 1290. The monoisotopic (exact) mass is 438 g/mol. The van der Waals surface area contributed by atoms with Crippen molar-refractivity contribution >= 4 is 51.6 Å². The highest BCUT2D eigenvalue weighted by atomic mass is 35.5. The SMILES string of the molecule is CC(=O)N(c1ccc2cnoc2c1)c1cc(NC(=O)Cc2ccc(F)cc2Cl)ccn1. The van der Waals surface area contributed by atoms with Crippen LogP contribution in [0, 0.1) is 5.82 Å². The molecule has 2 amide bonds. The molecule has 2 aromatic carbocycles. The molecule has 4 aromatic rings. The summed E-state index contributed by atoms with van der Waals surface area (Å²) in [5.74, 6) is -0.763. The molecule has 0 unspecified atom stereocenters. The molecule has 156 valence electrons. The number of pyridine rings is 1. The zero-order valence-electron chi connectivity index (χ0n) is 16.3. The summed E-state index contributed by atoms with van der Waals surface area (Å²) in [6, 6.07) is 12.3. The highest BCUT2D eigenvalue weighted by Crippen LogP contribution is 2.29. The Labute approximate surface area is 181 Å². The fourth-order valence-electron chi connectivity index (χ4n) is 3.12. The van der Waals surface area contributed by atoms with Crippen LogP contribution in [-0.2, 0) is 16.0 Å². The molecule has 31 heavy (non-hydrogen) atoms. The van der Waals surface area contributed by atoms with E-state index in [-0.39, 0.29) is 23.3 Å². The van der Waals surface area contributed by atoms with E-state index in [9.17, 15) is 14.0 Å². The molecule has 0 aliphatic rings. The Morgan fingerprint density at radius 1 is 1.16 bits per heavy atom. The van der Waals surface area contributed by atoms with Crippen LogP contribution in [0.4, 0.5) is 21.6 Å². The number of anilines is 3. The quantitative estimate of drug-likeness (QED) is 0.479. The molecular formula is C22H16ClFN4O3. The molecule has 1 N–H and O–H groups in total. The van der Waals surface area contributed by atoms with Crippen LogP contribution in [0.3, 0.4) is 0 Å². The molecule has 0 aliphatic carbocycles. The van der Waals surface area contributed by atoms with Crippen molar-refractivity contribution in [1.82, 2.24) is 10.1 Å². The minimum absolute atomic E-state index is 0.0324. The van der Waals surface area contributed by atoms with Crippen molar-refractivity contribution in [2.45, 2.75) is 13.3 Å². The number of halogens is 2. The number of carbonyl (C=O) groups is 2. The number of carbonyl (C=O) groups excluding carboxylic acids is 2. The molecule has 0 spiro atoms. The summed E-state index contributed by atoms with van der Waals surface area (Å²) in [4.78, 5) is 30.5. The van der Waals surface area contributed by atoms with Crippen LogP contribution in [0.25, 0.3) is 11.0 Å². The number of nitrogens with one attached hydrogen (secondary N) is 1. The van der Waals surface area contributed by atoms with E-state index in [2.05, 4.69) is 15.5 Å². The van der Waals surface area contributed by atoms with E-state index < -0.39 is 5.82 Å². The van der Waals surface area contributed by atoms with E-state index >= 15 is 0 Å². The molecule has 0 radical (unpaired) electrons. The van der Waals surface area contributed by atoms with E-state index in [0.717, 1.165) is 11.5 Å². The summed E-state index contributed by atoms with van der Waals surface area (Å²) in [7, 11) is 0. The molecule has 4 rings (SSSR count). The van der Waals surface area contributed by atoms with E-state index in [4.69, 9.17) is 16.1 Å². The lowest BCUT2D eigenvalue weighted by molar-refractivity contribution is -0.116. The van der Waals surface area contributed by atoms with E-state index in [0.29, 0.717) is 28.3 Å². The van der Waals surface area contributed by atoms with Gasteiger partial charge in [-0.15, -0.1) is 0 Å². The predicted octanol–water partition coefficient (Wildman–Crippen LogP) is 4.88. The Kier molecular flexibility index (Phi) is 5.64. The molecule has 0 saturated carbocycles. The minimum Gasteiger partial charge on any atom is -0.356 e. The number of rotatable bonds is 5. The first-order valence-corrected chi connectivity index (χ1v) is 9.63. The number of fused-ring (bicyclic) bond motifs is 1. The van der Waals surface area contributed by atoms with Crippen molar-refractivity contribution in [1.29, 1.82) is 0 Å². The smallest absolute Gasteiger partial charge is 0.229 e. The van der Waals surface area contributed by atoms with Gasteiger partial charge in [-0.2, -0.15) is 0 Å². The Balaban J connectivity index is 1.57. The number of hydrogen-bond acceptors (Lipinski definition) is 5. The highest BCUT2D eigenvalue weighted by Gasteiger charge is 2.18. The van der Waals surface area contributed by atoms with E-state index in [1.54, 1.807) is 36.5 Å². The van der Waals surface area contributed by atoms with Gasteiger partial charge in [0.25, 0.3) is 0 Å². The van der Waals surface area contributed by atoms with Gasteiger partial charge in [0.2, 0.25) is 11.8 Å². The summed E-state index contributed by atoms with van der Waals surface area (Å²) in [6.07, 6.45) is 3.03. The van der Waals surface area contributed by atoms with Crippen LogP contribution in [0.1, 0.15) is 12.5 Å². The molecule has 2 heterocycles. The van der Waals surface area contributed by atoms with Gasteiger partial charge in [-0.25, -0.2) is 9.37 Å². The summed E-state index contributed by atoms with van der Waals surface area (Å²) < 4.78 is 18.4. The molecule has 0 atom stereocenters. The maximum atomic E-state index is 13.2. The van der Waals surface area contributed by atoms with E-state index in [1.807, 2.05) is 0 Å². The lowest BCUT2D eigenvalue weighted by Gasteiger charge is -2.20. The normalized spacial score (nSPS) is 10.8. The van der Waals surface area contributed by atoms with Crippen molar-refractivity contribution in [3.05, 3.63) is 77.3 Å². The summed E-state index contributed by atoms with van der Waals surface area (Å²) in [6.45, 7) is 1.41. The Morgan fingerprint density at radius 3 is 2.77 bits per heavy atom. The molecule has 0 fully saturated rings. The summed E-state index contributed by atoms with van der Waals surface area (Å²) >= 11 is 5.99. The van der Waals surface area contributed by atoms with E-state index in [1.165, 1.54) is 30.2 Å². The number of hydrogen-bond donors (Lipinski definition) is 1. The van der Waals surface area contributed by atoms with Gasteiger partial charge in [0, 0.05) is 41.3 Å². The maximum Gasteiger partial charge on any atom is 0.229 e. The van der Waals surface area contributed by atoms with Gasteiger partial charge in [-0.1, -0.05) is 22.8 Å². The van der Waals surface area contributed by atoms with Crippen LogP contribution in [0.15, 0.2) is 65.4 Å². The van der Waals surface area contributed by atoms with Gasteiger partial charge in [0.15, 0.2) is 5.58 Å². The number of aromatic nitrogens is 2. The van der Waals surface area contributed by atoms with Crippen LogP contribution < -0.4 is 10.2 Å². The first-order chi connectivity index (χ1) is 14.9. The number of amides is 2. The lowest BCUT2D eigenvalue weighted by atomic mass is 10.1. The molecule has 0 saturated heterocycles. The zero-order chi connectivity index (χ0) is 22.0. The second kappa shape index (κ2) is 8.53. The molecular weight excluding hydrogens is 423 g/mol. The first kappa shape index (κ1) is 20.5. The highest BCUT2D eigenvalue weighted by molar-refractivity contribution is 6.31. The van der Waals surface area contributed by atoms with Crippen LogP contribution >= 0.6 is 11.6 Å². The number of benzene rings is 2. The van der Waals surface area contributed by atoms with Crippen LogP contribution in [0.2, 0.25) is 5.02 Å². The number of nitrogens with zero attached hydrogens (tertiary/aromatic N) is 3. The van der Waals surface area contributed by atoms with Crippen molar-refractivity contribution < 1.29 is 18.5 Å². The Hall–Kier alpha value is -3.78. The fourth-order valence-corrected chi connectivity index (χ4v) is 3.36. The summed E-state index contributed by atoms with van der Waals surface area (Å²) in [5, 5.41) is 7.47. The van der Waals surface area contributed by atoms with Crippen LogP contribution in [0.5, 0.6) is 0 Å². The average Bonchev–Trinajstić information content (AvgIpc) is 3.18. The third-order valence-corrected chi connectivity index (χ3v) is 4.89. The zero-order valence-corrected chi connectivity index (χ0v) is 17.1. The molecule has 2 aromatic heterocycles. The lowest BCUT2D eigenvalue weighted by Crippen LogP contribution is -2.24. The summed E-state index contributed by atoms with van der Waals surface area (Å²) in [5.41, 5.74) is 2.02. The minimum atomic E-state index is -0.472. The van der Waals surface area contributed by atoms with Crippen molar-refractivity contribution in [2.24, 2.45) is 0 Å². The average molecular weight is 439 g/mol. The maximum absolute atomic E-state index is 13.2. The second-order valence-corrected chi connectivity index (χ2v) is 7.17. The molecule has 9 heteroatoms. The molecule has 0 bridgehead atoms. The first-order valence-electron chi connectivity index (χ1n) is 9.25. The van der Waals surface area contributed by atoms with Gasteiger partial charge in [0.1, 0.15) is 11.6 Å². The van der Waals surface area contributed by atoms with Crippen molar-refractivity contribution in [2.75, 3.05) is 10.2 Å².